The minimum atomic E-state index is -0.0899. The van der Waals surface area contributed by atoms with Crippen LogP contribution < -0.4 is 14.5 Å². The molecule has 1 unspecified atom stereocenters. The third-order valence-electron chi connectivity index (χ3n) is 7.09. The van der Waals surface area contributed by atoms with Gasteiger partial charge < -0.3 is 19.4 Å². The SMILES string of the molecule is O=C(CCN1C(=O)COc2ccccc21)N1CCCC(CN2CCN(c3ccccn3)CC2)C1. The number of fused-ring (bicyclic) bond motifs is 1. The fraction of sp³-hybridized carbons (Fsp3) is 0.500. The number of pyridine rings is 1. The number of ether oxygens (including phenoxy) is 1. The van der Waals surface area contributed by atoms with E-state index in [1.165, 1.54) is 6.42 Å². The summed E-state index contributed by atoms with van der Waals surface area (Å²) in [5.41, 5.74) is 0.757. The fourth-order valence-electron chi connectivity index (χ4n) is 5.27. The molecule has 2 amide bonds. The number of anilines is 2. The molecule has 4 heterocycles. The van der Waals surface area contributed by atoms with E-state index in [4.69, 9.17) is 4.74 Å². The topological polar surface area (TPSA) is 69.2 Å². The molecule has 34 heavy (non-hydrogen) atoms. The first-order chi connectivity index (χ1) is 16.7. The summed E-state index contributed by atoms with van der Waals surface area (Å²) in [6, 6.07) is 13.6. The van der Waals surface area contributed by atoms with Crippen molar-refractivity contribution in [1.29, 1.82) is 0 Å². The van der Waals surface area contributed by atoms with E-state index in [1.807, 2.05) is 47.5 Å². The average molecular weight is 464 g/mol. The van der Waals surface area contributed by atoms with Crippen molar-refractivity contribution in [3.63, 3.8) is 0 Å². The summed E-state index contributed by atoms with van der Waals surface area (Å²) in [6.45, 7) is 7.12. The zero-order valence-corrected chi connectivity index (χ0v) is 19.6. The van der Waals surface area contributed by atoms with E-state index in [0.29, 0.717) is 24.6 Å². The van der Waals surface area contributed by atoms with Crippen molar-refractivity contribution < 1.29 is 14.3 Å². The third-order valence-corrected chi connectivity index (χ3v) is 7.09. The molecule has 0 saturated carbocycles. The highest BCUT2D eigenvalue weighted by Crippen LogP contribution is 2.31. The second-order valence-electron chi connectivity index (χ2n) is 9.38. The molecular weight excluding hydrogens is 430 g/mol. The van der Waals surface area contributed by atoms with E-state index in [1.54, 1.807) is 4.90 Å². The van der Waals surface area contributed by atoms with Gasteiger partial charge in [0.05, 0.1) is 5.69 Å². The monoisotopic (exact) mass is 463 g/mol. The van der Waals surface area contributed by atoms with Crippen molar-refractivity contribution >= 4 is 23.3 Å². The Balaban J connectivity index is 1.10. The van der Waals surface area contributed by atoms with Crippen LogP contribution in [0.5, 0.6) is 5.75 Å². The molecule has 8 heteroatoms. The molecule has 1 atom stereocenters. The Morgan fingerprint density at radius 3 is 2.68 bits per heavy atom. The predicted molar refractivity (Wildman–Crippen MR) is 131 cm³/mol. The number of nitrogens with zero attached hydrogens (tertiary/aromatic N) is 5. The minimum Gasteiger partial charge on any atom is -0.482 e. The third kappa shape index (κ3) is 5.17. The van der Waals surface area contributed by atoms with Crippen LogP contribution in [-0.2, 0) is 9.59 Å². The molecule has 1 aromatic carbocycles. The van der Waals surface area contributed by atoms with Crippen LogP contribution in [0, 0.1) is 5.92 Å². The van der Waals surface area contributed by atoms with Crippen LogP contribution in [0.3, 0.4) is 0 Å². The number of carbonyl (C=O) groups excluding carboxylic acids is 2. The Hall–Kier alpha value is -3.13. The Bertz CT molecular complexity index is 993. The summed E-state index contributed by atoms with van der Waals surface area (Å²) >= 11 is 0. The van der Waals surface area contributed by atoms with E-state index >= 15 is 0 Å². The summed E-state index contributed by atoms with van der Waals surface area (Å²) in [4.78, 5) is 38.5. The molecule has 3 aliphatic rings. The number of likely N-dealkylation sites (tertiary alicyclic amines) is 1. The molecule has 0 spiro atoms. The first kappa shape index (κ1) is 22.7. The molecule has 0 aliphatic carbocycles. The van der Waals surface area contributed by atoms with Gasteiger partial charge in [-0.15, -0.1) is 0 Å². The van der Waals surface area contributed by atoms with Gasteiger partial charge in [0, 0.05) is 65.0 Å². The highest BCUT2D eigenvalue weighted by Gasteiger charge is 2.29. The summed E-state index contributed by atoms with van der Waals surface area (Å²) < 4.78 is 5.51. The van der Waals surface area contributed by atoms with E-state index in [2.05, 4.69) is 20.9 Å². The van der Waals surface area contributed by atoms with Crippen LogP contribution in [0.15, 0.2) is 48.7 Å². The van der Waals surface area contributed by atoms with Gasteiger partial charge in [-0.05, 0) is 43.0 Å². The van der Waals surface area contributed by atoms with Gasteiger partial charge in [-0.2, -0.15) is 0 Å². The Kier molecular flexibility index (Phi) is 6.94. The van der Waals surface area contributed by atoms with Gasteiger partial charge in [-0.1, -0.05) is 18.2 Å². The molecule has 180 valence electrons. The smallest absolute Gasteiger partial charge is 0.265 e. The lowest BCUT2D eigenvalue weighted by molar-refractivity contribution is -0.133. The van der Waals surface area contributed by atoms with E-state index < -0.39 is 0 Å². The van der Waals surface area contributed by atoms with Crippen LogP contribution in [0.4, 0.5) is 11.5 Å². The number of piperidine rings is 1. The zero-order chi connectivity index (χ0) is 23.3. The highest BCUT2D eigenvalue weighted by molar-refractivity contribution is 5.98. The Morgan fingerprint density at radius 2 is 1.85 bits per heavy atom. The van der Waals surface area contributed by atoms with Crippen molar-refractivity contribution in [2.75, 3.05) is 68.8 Å². The van der Waals surface area contributed by atoms with E-state index in [0.717, 1.165) is 63.7 Å². The molecule has 3 aliphatic heterocycles. The average Bonchev–Trinajstić information content (AvgIpc) is 2.89. The van der Waals surface area contributed by atoms with Gasteiger partial charge in [0.1, 0.15) is 11.6 Å². The predicted octanol–water partition coefficient (Wildman–Crippen LogP) is 2.26. The van der Waals surface area contributed by atoms with Crippen LogP contribution in [0.2, 0.25) is 0 Å². The second kappa shape index (κ2) is 10.4. The Morgan fingerprint density at radius 1 is 1.03 bits per heavy atom. The van der Waals surface area contributed by atoms with Crippen molar-refractivity contribution in [2.24, 2.45) is 5.92 Å². The van der Waals surface area contributed by atoms with Crippen LogP contribution >= 0.6 is 0 Å². The first-order valence-electron chi connectivity index (χ1n) is 12.4. The minimum absolute atomic E-state index is 0.0323. The zero-order valence-electron chi connectivity index (χ0n) is 19.6. The second-order valence-corrected chi connectivity index (χ2v) is 9.38. The molecule has 8 nitrogen and oxygen atoms in total. The first-order valence-corrected chi connectivity index (χ1v) is 12.4. The number of amides is 2. The molecule has 0 radical (unpaired) electrons. The van der Waals surface area contributed by atoms with Gasteiger partial charge >= 0.3 is 0 Å². The lowest BCUT2D eigenvalue weighted by Crippen LogP contribution is -2.50. The van der Waals surface area contributed by atoms with Gasteiger partial charge in [0.25, 0.3) is 5.91 Å². The van der Waals surface area contributed by atoms with E-state index in [9.17, 15) is 9.59 Å². The number of rotatable bonds is 6. The molecule has 2 fully saturated rings. The van der Waals surface area contributed by atoms with Gasteiger partial charge in [-0.3, -0.25) is 14.5 Å². The van der Waals surface area contributed by atoms with Crippen molar-refractivity contribution in [1.82, 2.24) is 14.8 Å². The Labute approximate surface area is 201 Å². The number of carbonyl (C=O) groups is 2. The molecule has 0 bridgehead atoms. The number of hydrogen-bond donors (Lipinski definition) is 0. The van der Waals surface area contributed by atoms with Crippen molar-refractivity contribution in [2.45, 2.75) is 19.3 Å². The molecule has 1 aromatic heterocycles. The van der Waals surface area contributed by atoms with Crippen LogP contribution in [0.25, 0.3) is 0 Å². The largest absolute Gasteiger partial charge is 0.482 e. The van der Waals surface area contributed by atoms with E-state index in [-0.39, 0.29) is 18.4 Å². The van der Waals surface area contributed by atoms with Gasteiger partial charge in [0.15, 0.2) is 6.61 Å². The standard InChI is InChI=1S/C26H33N5O3/c32-25(10-13-31-22-7-1-2-8-23(22)34-20-26(31)33)30-12-5-6-21(19-30)18-28-14-16-29(17-15-28)24-9-3-4-11-27-24/h1-4,7-9,11,21H,5-6,10,12-20H2. The molecule has 0 N–H and O–H groups in total. The van der Waals surface area contributed by atoms with Crippen LogP contribution in [-0.4, -0.2) is 85.6 Å². The highest BCUT2D eigenvalue weighted by atomic mass is 16.5. The lowest BCUT2D eigenvalue weighted by atomic mass is 9.96. The van der Waals surface area contributed by atoms with Crippen molar-refractivity contribution in [3.8, 4) is 5.75 Å². The number of para-hydroxylation sites is 2. The number of aromatic nitrogens is 1. The lowest BCUT2D eigenvalue weighted by Gasteiger charge is -2.40. The molecule has 5 rings (SSSR count). The maximum absolute atomic E-state index is 13.0. The van der Waals surface area contributed by atoms with Crippen molar-refractivity contribution in [3.05, 3.63) is 48.7 Å². The fourth-order valence-corrected chi connectivity index (χ4v) is 5.27. The molecule has 2 saturated heterocycles. The maximum Gasteiger partial charge on any atom is 0.265 e. The molecular formula is C26H33N5O3. The molecule has 2 aromatic rings. The maximum atomic E-state index is 13.0. The normalized spacial score (nSPS) is 21.2. The number of hydrogen-bond acceptors (Lipinski definition) is 6. The number of piperazine rings is 1. The summed E-state index contributed by atoms with van der Waals surface area (Å²) in [7, 11) is 0. The summed E-state index contributed by atoms with van der Waals surface area (Å²) in [5.74, 6) is 2.31. The summed E-state index contributed by atoms with van der Waals surface area (Å²) in [5, 5.41) is 0. The van der Waals surface area contributed by atoms with Crippen LogP contribution in [0.1, 0.15) is 19.3 Å². The quantitative estimate of drug-likeness (QED) is 0.655. The summed E-state index contributed by atoms with van der Waals surface area (Å²) in [6.07, 6.45) is 4.40. The number of benzene rings is 1. The van der Waals surface area contributed by atoms with Gasteiger partial charge in [0.2, 0.25) is 5.91 Å². The van der Waals surface area contributed by atoms with Gasteiger partial charge in [-0.25, -0.2) is 4.98 Å².